The van der Waals surface area contributed by atoms with Gasteiger partial charge in [-0.25, -0.2) is 9.67 Å². The molecule has 1 aromatic carbocycles. The summed E-state index contributed by atoms with van der Waals surface area (Å²) in [4.78, 5) is 32.2. The Kier molecular flexibility index (Phi) is 4.94. The van der Waals surface area contributed by atoms with Crippen LogP contribution in [0.5, 0.6) is 0 Å². The van der Waals surface area contributed by atoms with Gasteiger partial charge in [-0.1, -0.05) is 30.3 Å². The zero-order chi connectivity index (χ0) is 17.6. The average Bonchev–Trinajstić information content (AvgIpc) is 3.04. The van der Waals surface area contributed by atoms with Gasteiger partial charge in [0, 0.05) is 12.4 Å². The summed E-state index contributed by atoms with van der Waals surface area (Å²) in [7, 11) is 0. The third-order valence-corrected chi connectivity index (χ3v) is 3.61. The van der Waals surface area contributed by atoms with Crippen molar-refractivity contribution < 1.29 is 9.59 Å². The number of hydrogen-bond acceptors (Lipinski definition) is 5. The molecule has 0 bridgehead atoms. The van der Waals surface area contributed by atoms with Gasteiger partial charge in [-0.3, -0.25) is 9.78 Å². The highest BCUT2D eigenvalue weighted by Crippen LogP contribution is 2.10. The number of hydrogen-bond donors (Lipinski definition) is 1. The van der Waals surface area contributed by atoms with Crippen LogP contribution in [0.15, 0.2) is 55.0 Å². The minimum absolute atomic E-state index is 0.304. The van der Waals surface area contributed by atoms with Crippen molar-refractivity contribution in [1.29, 1.82) is 0 Å². The molecule has 2 heterocycles. The van der Waals surface area contributed by atoms with Crippen LogP contribution in [0.4, 0.5) is 0 Å². The molecule has 1 unspecified atom stereocenters. The monoisotopic (exact) mass is 335 g/mol. The summed E-state index contributed by atoms with van der Waals surface area (Å²) in [5, 5.41) is 7.02. The lowest BCUT2D eigenvalue weighted by atomic mass is 10.1. The Hall–Kier alpha value is -3.35. The second-order valence-corrected chi connectivity index (χ2v) is 5.55. The first-order chi connectivity index (χ1) is 12.2. The summed E-state index contributed by atoms with van der Waals surface area (Å²) < 4.78 is 1.42. The van der Waals surface area contributed by atoms with Crippen LogP contribution in [0.1, 0.15) is 21.7 Å². The Labute approximate surface area is 144 Å². The second kappa shape index (κ2) is 7.48. The minimum Gasteiger partial charge on any atom is -0.341 e. The number of carbonyl (C=O) groups excluding carboxylic acids is 2. The number of benzene rings is 1. The molecule has 1 N–H and O–H groups in total. The molecule has 7 nitrogen and oxygen atoms in total. The second-order valence-electron chi connectivity index (χ2n) is 5.55. The van der Waals surface area contributed by atoms with Crippen LogP contribution >= 0.6 is 0 Å². The fourth-order valence-corrected chi connectivity index (χ4v) is 2.48. The van der Waals surface area contributed by atoms with Crippen molar-refractivity contribution in [2.24, 2.45) is 0 Å². The molecule has 0 saturated carbocycles. The van der Waals surface area contributed by atoms with Crippen molar-refractivity contribution in [1.82, 2.24) is 25.1 Å². The normalized spacial score (nSPS) is 11.7. The van der Waals surface area contributed by atoms with Gasteiger partial charge in [-0.2, -0.15) is 5.10 Å². The first kappa shape index (κ1) is 16.5. The maximum absolute atomic E-state index is 12.6. The van der Waals surface area contributed by atoms with Gasteiger partial charge in [-0.05, 0) is 25.0 Å². The van der Waals surface area contributed by atoms with Crippen molar-refractivity contribution >= 4 is 12.2 Å². The first-order valence-corrected chi connectivity index (χ1v) is 7.80. The van der Waals surface area contributed by atoms with Crippen LogP contribution in [0.3, 0.4) is 0 Å². The van der Waals surface area contributed by atoms with E-state index in [1.807, 2.05) is 30.3 Å². The molecular weight excluding hydrogens is 318 g/mol. The third kappa shape index (κ3) is 3.95. The molecule has 3 rings (SSSR count). The standard InChI is InChI=1S/C18H17N5O2/c1-13-9-16(23(22-13)17-11-19-7-8-20-17)18(25)21-15(12-24)10-14-5-3-2-4-6-14/h2-9,11-12,15H,10H2,1H3,(H,21,25). The van der Waals surface area contributed by atoms with Gasteiger partial charge in [0.05, 0.1) is 17.9 Å². The molecule has 1 atom stereocenters. The van der Waals surface area contributed by atoms with Gasteiger partial charge < -0.3 is 10.1 Å². The summed E-state index contributed by atoms with van der Waals surface area (Å²) in [6.07, 6.45) is 5.75. The molecule has 0 fully saturated rings. The number of rotatable bonds is 6. The molecule has 0 radical (unpaired) electrons. The lowest BCUT2D eigenvalue weighted by Gasteiger charge is -2.13. The fraction of sp³-hybridized carbons (Fsp3) is 0.167. The van der Waals surface area contributed by atoms with Crippen LogP contribution in [-0.4, -0.2) is 38.0 Å². The fourth-order valence-electron chi connectivity index (χ4n) is 2.48. The van der Waals surface area contributed by atoms with Crippen LogP contribution in [0.2, 0.25) is 0 Å². The molecule has 0 aliphatic carbocycles. The Bertz CT molecular complexity index is 862. The van der Waals surface area contributed by atoms with E-state index in [0.29, 0.717) is 23.6 Å². The molecule has 2 aromatic heterocycles. The van der Waals surface area contributed by atoms with E-state index in [1.54, 1.807) is 19.2 Å². The van der Waals surface area contributed by atoms with Crippen LogP contribution in [0, 0.1) is 6.92 Å². The highest BCUT2D eigenvalue weighted by Gasteiger charge is 2.19. The quantitative estimate of drug-likeness (QED) is 0.690. The van der Waals surface area contributed by atoms with E-state index >= 15 is 0 Å². The lowest BCUT2D eigenvalue weighted by molar-refractivity contribution is -0.109. The van der Waals surface area contributed by atoms with Gasteiger partial charge in [0.1, 0.15) is 12.0 Å². The molecule has 7 heteroatoms. The van der Waals surface area contributed by atoms with Gasteiger partial charge in [0.2, 0.25) is 0 Å². The summed E-state index contributed by atoms with van der Waals surface area (Å²) in [6, 6.07) is 10.5. The molecule has 3 aromatic rings. The highest BCUT2D eigenvalue weighted by atomic mass is 16.2. The number of nitrogens with zero attached hydrogens (tertiary/aromatic N) is 4. The van der Waals surface area contributed by atoms with Gasteiger partial charge in [-0.15, -0.1) is 0 Å². The van der Waals surface area contributed by atoms with Crippen LogP contribution in [0.25, 0.3) is 5.82 Å². The number of nitrogens with one attached hydrogen (secondary N) is 1. The zero-order valence-electron chi connectivity index (χ0n) is 13.7. The molecule has 0 aliphatic heterocycles. The van der Waals surface area contributed by atoms with Gasteiger partial charge in [0.15, 0.2) is 5.82 Å². The van der Waals surface area contributed by atoms with Gasteiger partial charge in [0.25, 0.3) is 5.91 Å². The van der Waals surface area contributed by atoms with E-state index in [2.05, 4.69) is 20.4 Å². The summed E-state index contributed by atoms with van der Waals surface area (Å²) in [6.45, 7) is 1.78. The number of aryl methyl sites for hydroxylation is 1. The Morgan fingerprint density at radius 3 is 2.76 bits per heavy atom. The third-order valence-electron chi connectivity index (χ3n) is 3.61. The number of carbonyl (C=O) groups is 2. The van der Waals surface area contributed by atoms with Crippen molar-refractivity contribution in [3.63, 3.8) is 0 Å². The van der Waals surface area contributed by atoms with E-state index < -0.39 is 6.04 Å². The van der Waals surface area contributed by atoms with Crippen LogP contribution in [-0.2, 0) is 11.2 Å². The van der Waals surface area contributed by atoms with Crippen molar-refractivity contribution in [3.05, 3.63) is 71.9 Å². The van der Waals surface area contributed by atoms with Crippen LogP contribution < -0.4 is 5.32 Å². The van der Waals surface area contributed by atoms with E-state index in [0.717, 1.165) is 11.8 Å². The van der Waals surface area contributed by atoms with Gasteiger partial charge >= 0.3 is 0 Å². The average molecular weight is 335 g/mol. The minimum atomic E-state index is -0.625. The van der Waals surface area contributed by atoms with Crippen molar-refractivity contribution in [2.75, 3.05) is 0 Å². The molecule has 0 saturated heterocycles. The molecule has 126 valence electrons. The smallest absolute Gasteiger partial charge is 0.270 e. The SMILES string of the molecule is Cc1cc(C(=O)NC(C=O)Cc2ccccc2)n(-c2cnccn2)n1. The highest BCUT2D eigenvalue weighted by molar-refractivity contribution is 5.94. The molecule has 0 aliphatic rings. The summed E-state index contributed by atoms with van der Waals surface area (Å²) in [5.74, 6) is 0.0470. The Balaban J connectivity index is 1.80. The first-order valence-electron chi connectivity index (χ1n) is 7.80. The van der Waals surface area contributed by atoms with E-state index in [9.17, 15) is 9.59 Å². The summed E-state index contributed by atoms with van der Waals surface area (Å²) >= 11 is 0. The maximum Gasteiger partial charge on any atom is 0.270 e. The predicted octanol–water partition coefficient (Wildman–Crippen LogP) is 1.51. The Morgan fingerprint density at radius 1 is 1.28 bits per heavy atom. The topological polar surface area (TPSA) is 89.8 Å². The number of aldehydes is 1. The lowest BCUT2D eigenvalue weighted by Crippen LogP contribution is -2.38. The molecule has 0 spiro atoms. The van der Waals surface area contributed by atoms with E-state index in [-0.39, 0.29) is 5.91 Å². The largest absolute Gasteiger partial charge is 0.341 e. The van der Waals surface area contributed by atoms with E-state index in [1.165, 1.54) is 17.1 Å². The van der Waals surface area contributed by atoms with Crippen molar-refractivity contribution in [2.45, 2.75) is 19.4 Å². The van der Waals surface area contributed by atoms with E-state index in [4.69, 9.17) is 0 Å². The maximum atomic E-state index is 12.6. The molecule has 1 amide bonds. The number of amides is 1. The number of aromatic nitrogens is 4. The molecular formula is C18H17N5O2. The summed E-state index contributed by atoms with van der Waals surface area (Å²) in [5.41, 5.74) is 1.94. The zero-order valence-corrected chi connectivity index (χ0v) is 13.7. The Morgan fingerprint density at radius 2 is 2.08 bits per heavy atom. The molecule has 25 heavy (non-hydrogen) atoms. The predicted molar refractivity (Wildman–Crippen MR) is 91.4 cm³/mol. The van der Waals surface area contributed by atoms with Crippen molar-refractivity contribution in [3.8, 4) is 5.82 Å².